The standard InChI is InChI=1S/C14H21FN2/c1-10-5-6-12(15)9-14(10)17-11(2)8-13-4-3-7-16-13/h5-6,9,11,13,16-17H,3-4,7-8H2,1-2H3. The lowest BCUT2D eigenvalue weighted by molar-refractivity contribution is 0.523. The zero-order valence-electron chi connectivity index (χ0n) is 10.6. The van der Waals surface area contributed by atoms with Gasteiger partial charge in [0.05, 0.1) is 0 Å². The first-order valence-electron chi connectivity index (χ1n) is 6.41. The number of benzene rings is 1. The van der Waals surface area contributed by atoms with Crippen LogP contribution in [0.1, 0.15) is 31.7 Å². The van der Waals surface area contributed by atoms with E-state index < -0.39 is 0 Å². The van der Waals surface area contributed by atoms with Gasteiger partial charge in [-0.15, -0.1) is 0 Å². The van der Waals surface area contributed by atoms with Crippen LogP contribution in [0.4, 0.5) is 10.1 Å². The fraction of sp³-hybridized carbons (Fsp3) is 0.571. The monoisotopic (exact) mass is 236 g/mol. The molecule has 0 saturated carbocycles. The second kappa shape index (κ2) is 5.50. The summed E-state index contributed by atoms with van der Waals surface area (Å²) < 4.78 is 13.2. The highest BCUT2D eigenvalue weighted by Crippen LogP contribution is 2.19. The minimum Gasteiger partial charge on any atom is -0.382 e. The molecule has 0 aromatic heterocycles. The molecule has 2 rings (SSSR count). The maximum Gasteiger partial charge on any atom is 0.125 e. The molecule has 0 radical (unpaired) electrons. The van der Waals surface area contributed by atoms with Crippen LogP contribution >= 0.6 is 0 Å². The molecule has 1 aliphatic heterocycles. The van der Waals surface area contributed by atoms with E-state index in [2.05, 4.69) is 17.6 Å². The molecule has 2 N–H and O–H groups in total. The number of aryl methyl sites for hydroxylation is 1. The number of nitrogens with one attached hydrogen (secondary N) is 2. The van der Waals surface area contributed by atoms with Crippen LogP contribution in [0.3, 0.4) is 0 Å². The van der Waals surface area contributed by atoms with Gasteiger partial charge in [-0.1, -0.05) is 6.07 Å². The van der Waals surface area contributed by atoms with Gasteiger partial charge in [-0.05, 0) is 57.4 Å². The first-order valence-corrected chi connectivity index (χ1v) is 6.41. The molecule has 1 aromatic rings. The molecule has 1 aliphatic rings. The normalized spacial score (nSPS) is 21.5. The summed E-state index contributed by atoms with van der Waals surface area (Å²) in [7, 11) is 0. The minimum atomic E-state index is -0.177. The van der Waals surface area contributed by atoms with Gasteiger partial charge in [-0.3, -0.25) is 0 Å². The van der Waals surface area contributed by atoms with Crippen LogP contribution in [0.2, 0.25) is 0 Å². The molecule has 3 heteroatoms. The Hall–Kier alpha value is -1.09. The summed E-state index contributed by atoms with van der Waals surface area (Å²) in [6.07, 6.45) is 3.63. The third kappa shape index (κ3) is 3.43. The van der Waals surface area contributed by atoms with Crippen LogP contribution in [-0.2, 0) is 0 Å². The van der Waals surface area contributed by atoms with Crippen LogP contribution < -0.4 is 10.6 Å². The average molecular weight is 236 g/mol. The Morgan fingerprint density at radius 2 is 2.35 bits per heavy atom. The smallest absolute Gasteiger partial charge is 0.125 e. The van der Waals surface area contributed by atoms with Gasteiger partial charge in [0.15, 0.2) is 0 Å². The van der Waals surface area contributed by atoms with Crippen molar-refractivity contribution in [3.63, 3.8) is 0 Å². The Morgan fingerprint density at radius 1 is 1.53 bits per heavy atom. The van der Waals surface area contributed by atoms with E-state index >= 15 is 0 Å². The summed E-state index contributed by atoms with van der Waals surface area (Å²) in [6.45, 7) is 5.29. The van der Waals surface area contributed by atoms with Crippen molar-refractivity contribution in [3.8, 4) is 0 Å². The molecule has 2 unspecified atom stereocenters. The van der Waals surface area contributed by atoms with Crippen molar-refractivity contribution in [2.75, 3.05) is 11.9 Å². The molecule has 1 saturated heterocycles. The second-order valence-electron chi connectivity index (χ2n) is 5.03. The number of rotatable bonds is 4. The highest BCUT2D eigenvalue weighted by atomic mass is 19.1. The maximum absolute atomic E-state index is 13.2. The van der Waals surface area contributed by atoms with Gasteiger partial charge >= 0.3 is 0 Å². The van der Waals surface area contributed by atoms with Crippen molar-refractivity contribution in [1.82, 2.24) is 5.32 Å². The number of hydrogen-bond acceptors (Lipinski definition) is 2. The van der Waals surface area contributed by atoms with Gasteiger partial charge in [0, 0.05) is 17.8 Å². The van der Waals surface area contributed by atoms with Crippen molar-refractivity contribution in [3.05, 3.63) is 29.6 Å². The molecule has 1 heterocycles. The van der Waals surface area contributed by atoms with Gasteiger partial charge in [0.2, 0.25) is 0 Å². The predicted molar refractivity (Wildman–Crippen MR) is 69.9 cm³/mol. The minimum absolute atomic E-state index is 0.177. The highest BCUT2D eigenvalue weighted by Gasteiger charge is 2.17. The Balaban J connectivity index is 1.92. The molecule has 0 spiro atoms. The number of halogens is 1. The van der Waals surface area contributed by atoms with Crippen LogP contribution in [0, 0.1) is 12.7 Å². The second-order valence-corrected chi connectivity index (χ2v) is 5.03. The zero-order valence-corrected chi connectivity index (χ0v) is 10.6. The van der Waals surface area contributed by atoms with Crippen LogP contribution in [0.25, 0.3) is 0 Å². The Bertz CT molecular complexity index is 372. The van der Waals surface area contributed by atoms with Crippen molar-refractivity contribution in [1.29, 1.82) is 0 Å². The Morgan fingerprint density at radius 3 is 3.06 bits per heavy atom. The van der Waals surface area contributed by atoms with Gasteiger partial charge in [0.1, 0.15) is 5.82 Å². The molecule has 2 atom stereocenters. The molecule has 1 aromatic carbocycles. The van der Waals surface area contributed by atoms with Gasteiger partial charge in [-0.2, -0.15) is 0 Å². The lowest BCUT2D eigenvalue weighted by Crippen LogP contribution is -2.29. The average Bonchev–Trinajstić information content (AvgIpc) is 2.76. The third-order valence-corrected chi connectivity index (χ3v) is 3.40. The van der Waals surface area contributed by atoms with E-state index in [-0.39, 0.29) is 5.82 Å². The van der Waals surface area contributed by atoms with E-state index in [9.17, 15) is 4.39 Å². The van der Waals surface area contributed by atoms with E-state index in [0.29, 0.717) is 12.1 Å². The highest BCUT2D eigenvalue weighted by molar-refractivity contribution is 5.51. The van der Waals surface area contributed by atoms with E-state index in [4.69, 9.17) is 0 Å². The number of hydrogen-bond donors (Lipinski definition) is 2. The Labute approximate surface area is 103 Å². The molecule has 0 bridgehead atoms. The van der Waals surface area contributed by atoms with E-state index in [1.807, 2.05) is 13.0 Å². The molecule has 94 valence electrons. The SMILES string of the molecule is Cc1ccc(F)cc1NC(C)CC1CCCN1. The molecular formula is C14H21FN2. The lowest BCUT2D eigenvalue weighted by Gasteiger charge is -2.20. The Kier molecular flexibility index (Phi) is 4.00. The summed E-state index contributed by atoms with van der Waals surface area (Å²) >= 11 is 0. The van der Waals surface area contributed by atoms with Gasteiger partial charge < -0.3 is 10.6 Å². The molecular weight excluding hydrogens is 215 g/mol. The van der Waals surface area contributed by atoms with Crippen molar-refractivity contribution < 1.29 is 4.39 Å². The van der Waals surface area contributed by atoms with E-state index in [1.54, 1.807) is 6.07 Å². The van der Waals surface area contributed by atoms with E-state index in [0.717, 1.165) is 24.2 Å². The summed E-state index contributed by atoms with van der Waals surface area (Å²) in [5.74, 6) is -0.177. The first kappa shape index (κ1) is 12.4. The topological polar surface area (TPSA) is 24.1 Å². The fourth-order valence-corrected chi connectivity index (χ4v) is 2.46. The summed E-state index contributed by atoms with van der Waals surface area (Å²) in [6, 6.07) is 5.88. The van der Waals surface area contributed by atoms with Gasteiger partial charge in [0.25, 0.3) is 0 Å². The maximum atomic E-state index is 13.2. The van der Waals surface area contributed by atoms with E-state index in [1.165, 1.54) is 18.9 Å². The first-order chi connectivity index (χ1) is 8.15. The predicted octanol–water partition coefficient (Wildman–Crippen LogP) is 3.08. The molecule has 1 fully saturated rings. The molecule has 0 amide bonds. The van der Waals surface area contributed by atoms with Crippen LogP contribution in [0.15, 0.2) is 18.2 Å². The third-order valence-electron chi connectivity index (χ3n) is 3.40. The molecule has 2 nitrogen and oxygen atoms in total. The summed E-state index contributed by atoms with van der Waals surface area (Å²) in [5.41, 5.74) is 2.01. The van der Waals surface area contributed by atoms with Crippen molar-refractivity contribution in [2.24, 2.45) is 0 Å². The summed E-state index contributed by atoms with van der Waals surface area (Å²) in [5, 5.41) is 6.88. The fourth-order valence-electron chi connectivity index (χ4n) is 2.46. The largest absolute Gasteiger partial charge is 0.382 e. The lowest BCUT2D eigenvalue weighted by atomic mass is 10.1. The van der Waals surface area contributed by atoms with Gasteiger partial charge in [-0.25, -0.2) is 4.39 Å². The van der Waals surface area contributed by atoms with Crippen LogP contribution in [-0.4, -0.2) is 18.6 Å². The molecule has 17 heavy (non-hydrogen) atoms. The van der Waals surface area contributed by atoms with Crippen molar-refractivity contribution in [2.45, 2.75) is 45.2 Å². The zero-order chi connectivity index (χ0) is 12.3. The quantitative estimate of drug-likeness (QED) is 0.839. The number of anilines is 1. The molecule has 0 aliphatic carbocycles. The van der Waals surface area contributed by atoms with Crippen molar-refractivity contribution >= 4 is 5.69 Å². The summed E-state index contributed by atoms with van der Waals surface area (Å²) in [4.78, 5) is 0. The van der Waals surface area contributed by atoms with Crippen LogP contribution in [0.5, 0.6) is 0 Å².